The zero-order chi connectivity index (χ0) is 13.1. The summed E-state index contributed by atoms with van der Waals surface area (Å²) in [5.41, 5.74) is 4.45. The van der Waals surface area contributed by atoms with Gasteiger partial charge >= 0.3 is 0 Å². The summed E-state index contributed by atoms with van der Waals surface area (Å²) in [5.74, 6) is 0. The largest absolute Gasteiger partial charge is 0.372 e. The van der Waals surface area contributed by atoms with E-state index < -0.39 is 0 Å². The smallest absolute Gasteiger partial charge is 0.0732 e. The van der Waals surface area contributed by atoms with E-state index in [0.717, 1.165) is 6.61 Å². The van der Waals surface area contributed by atoms with Gasteiger partial charge in [0.25, 0.3) is 0 Å². The quantitative estimate of drug-likeness (QED) is 0.896. The van der Waals surface area contributed by atoms with E-state index in [-0.39, 0.29) is 0 Å². The molecule has 0 radical (unpaired) electrons. The number of likely N-dealkylation sites (N-methyl/N-ethyl adjacent to an activating group) is 1. The molecule has 0 amide bonds. The lowest BCUT2D eigenvalue weighted by Gasteiger charge is -2.31. The number of benzene rings is 1. The van der Waals surface area contributed by atoms with E-state index >= 15 is 0 Å². The lowest BCUT2D eigenvalue weighted by molar-refractivity contribution is -0.00363. The first-order valence-electron chi connectivity index (χ1n) is 7.76. The first kappa shape index (κ1) is 13.1. The lowest BCUT2D eigenvalue weighted by atomic mass is 9.92. The number of ether oxygens (including phenoxy) is 1. The van der Waals surface area contributed by atoms with Gasteiger partial charge < -0.3 is 10.1 Å². The van der Waals surface area contributed by atoms with Gasteiger partial charge in [0.1, 0.15) is 0 Å². The molecule has 0 spiro atoms. The molecule has 1 fully saturated rings. The Labute approximate surface area is 116 Å². The molecule has 1 aromatic rings. The normalized spacial score (nSPS) is 26.4. The molecule has 2 heteroatoms. The Morgan fingerprint density at radius 1 is 1.11 bits per heavy atom. The van der Waals surface area contributed by atoms with Gasteiger partial charge in [-0.05, 0) is 55.8 Å². The van der Waals surface area contributed by atoms with Crippen LogP contribution in [0.5, 0.6) is 0 Å². The molecule has 2 unspecified atom stereocenters. The van der Waals surface area contributed by atoms with Crippen LogP contribution in [0.1, 0.15) is 48.8 Å². The molecule has 0 heterocycles. The van der Waals surface area contributed by atoms with Crippen molar-refractivity contribution in [3.63, 3.8) is 0 Å². The molecule has 1 aromatic carbocycles. The summed E-state index contributed by atoms with van der Waals surface area (Å²) in [7, 11) is 2.06. The summed E-state index contributed by atoms with van der Waals surface area (Å²) >= 11 is 0. The third-order valence-electron chi connectivity index (χ3n) is 4.70. The van der Waals surface area contributed by atoms with Crippen LogP contribution in [0.25, 0.3) is 0 Å². The van der Waals surface area contributed by atoms with Gasteiger partial charge in [-0.25, -0.2) is 0 Å². The minimum atomic E-state index is 0.395. The van der Waals surface area contributed by atoms with E-state index in [0.29, 0.717) is 12.1 Å². The van der Waals surface area contributed by atoms with E-state index in [1.807, 2.05) is 0 Å². The maximum atomic E-state index is 6.17. The number of hydrogen-bond acceptors (Lipinski definition) is 2. The molecule has 3 rings (SSSR count). The van der Waals surface area contributed by atoms with Gasteiger partial charge in [-0.3, -0.25) is 0 Å². The van der Waals surface area contributed by atoms with Crippen LogP contribution in [0.4, 0.5) is 0 Å². The van der Waals surface area contributed by atoms with Gasteiger partial charge in [0, 0.05) is 6.04 Å². The third kappa shape index (κ3) is 3.01. The van der Waals surface area contributed by atoms with Gasteiger partial charge in [0.15, 0.2) is 0 Å². The predicted molar refractivity (Wildman–Crippen MR) is 78.4 cm³/mol. The Bertz CT molecular complexity index is 429. The second kappa shape index (κ2) is 6.06. The van der Waals surface area contributed by atoms with Crippen molar-refractivity contribution in [1.82, 2.24) is 5.32 Å². The standard InChI is InChI=1S/C17H25NO/c1-18-16-7-2-3-8-17(16)19-12-13-9-10-14-5-4-6-15(14)11-13/h9-11,16-18H,2-8,12H2,1H3. The van der Waals surface area contributed by atoms with E-state index in [2.05, 4.69) is 30.6 Å². The summed E-state index contributed by atoms with van der Waals surface area (Å²) in [6.07, 6.45) is 9.35. The molecule has 2 nitrogen and oxygen atoms in total. The molecular formula is C17H25NO. The topological polar surface area (TPSA) is 21.3 Å². The molecule has 1 saturated carbocycles. The number of rotatable bonds is 4. The molecule has 19 heavy (non-hydrogen) atoms. The maximum Gasteiger partial charge on any atom is 0.0732 e. The minimum Gasteiger partial charge on any atom is -0.372 e. The summed E-state index contributed by atoms with van der Waals surface area (Å²) in [6.45, 7) is 0.774. The van der Waals surface area contributed by atoms with Crippen molar-refractivity contribution in [1.29, 1.82) is 0 Å². The second-order valence-electron chi connectivity index (χ2n) is 5.99. The van der Waals surface area contributed by atoms with Crippen molar-refractivity contribution in [3.05, 3.63) is 34.9 Å². The average Bonchev–Trinajstić information content (AvgIpc) is 2.93. The van der Waals surface area contributed by atoms with Crippen molar-refractivity contribution in [3.8, 4) is 0 Å². The molecule has 2 aliphatic carbocycles. The van der Waals surface area contributed by atoms with Crippen molar-refractivity contribution in [2.45, 2.75) is 63.7 Å². The molecule has 2 atom stereocenters. The highest BCUT2D eigenvalue weighted by Crippen LogP contribution is 2.25. The van der Waals surface area contributed by atoms with Crippen molar-refractivity contribution >= 4 is 0 Å². The van der Waals surface area contributed by atoms with Gasteiger partial charge in [-0.1, -0.05) is 31.0 Å². The fourth-order valence-electron chi connectivity index (χ4n) is 3.54. The van der Waals surface area contributed by atoms with E-state index in [1.54, 1.807) is 11.1 Å². The Hall–Kier alpha value is -0.860. The average molecular weight is 259 g/mol. The van der Waals surface area contributed by atoms with Crippen LogP contribution in [0.3, 0.4) is 0 Å². The van der Waals surface area contributed by atoms with Gasteiger partial charge in [0.05, 0.1) is 12.7 Å². The molecule has 1 N–H and O–H groups in total. The van der Waals surface area contributed by atoms with Crippen LogP contribution in [-0.4, -0.2) is 19.2 Å². The summed E-state index contributed by atoms with van der Waals surface area (Å²) in [6, 6.07) is 7.46. The fraction of sp³-hybridized carbons (Fsp3) is 0.647. The first-order valence-corrected chi connectivity index (χ1v) is 7.76. The Balaban J connectivity index is 1.59. The summed E-state index contributed by atoms with van der Waals surface area (Å²) in [4.78, 5) is 0. The van der Waals surface area contributed by atoms with Crippen LogP contribution in [0, 0.1) is 0 Å². The fourth-order valence-corrected chi connectivity index (χ4v) is 3.54. The highest BCUT2D eigenvalue weighted by atomic mass is 16.5. The number of aryl methyl sites for hydroxylation is 2. The zero-order valence-electron chi connectivity index (χ0n) is 12.0. The van der Waals surface area contributed by atoms with Crippen LogP contribution < -0.4 is 5.32 Å². The van der Waals surface area contributed by atoms with Gasteiger partial charge in [-0.2, -0.15) is 0 Å². The molecule has 0 aliphatic heterocycles. The van der Waals surface area contributed by atoms with Crippen molar-refractivity contribution in [2.75, 3.05) is 7.05 Å². The van der Waals surface area contributed by atoms with E-state index in [4.69, 9.17) is 4.74 Å². The number of fused-ring (bicyclic) bond motifs is 1. The monoisotopic (exact) mass is 259 g/mol. The van der Waals surface area contributed by atoms with Gasteiger partial charge in [0.2, 0.25) is 0 Å². The molecular weight excluding hydrogens is 234 g/mol. The highest BCUT2D eigenvalue weighted by molar-refractivity contribution is 5.35. The highest BCUT2D eigenvalue weighted by Gasteiger charge is 2.24. The van der Waals surface area contributed by atoms with Crippen LogP contribution >= 0.6 is 0 Å². The first-order chi connectivity index (χ1) is 9.36. The number of nitrogens with one attached hydrogen (secondary N) is 1. The molecule has 2 aliphatic rings. The molecule has 0 aromatic heterocycles. The summed E-state index contributed by atoms with van der Waals surface area (Å²) in [5, 5.41) is 3.41. The van der Waals surface area contributed by atoms with Crippen LogP contribution in [0.2, 0.25) is 0 Å². The Kier molecular flexibility index (Phi) is 4.19. The lowest BCUT2D eigenvalue weighted by Crippen LogP contribution is -2.41. The van der Waals surface area contributed by atoms with E-state index in [1.165, 1.54) is 50.5 Å². The molecule has 0 bridgehead atoms. The minimum absolute atomic E-state index is 0.395. The Morgan fingerprint density at radius 3 is 2.84 bits per heavy atom. The van der Waals surface area contributed by atoms with Crippen molar-refractivity contribution < 1.29 is 4.74 Å². The van der Waals surface area contributed by atoms with E-state index in [9.17, 15) is 0 Å². The zero-order valence-corrected chi connectivity index (χ0v) is 12.0. The predicted octanol–water partition coefficient (Wildman–Crippen LogP) is 3.22. The molecule has 104 valence electrons. The summed E-state index contributed by atoms with van der Waals surface area (Å²) < 4.78 is 6.17. The maximum absolute atomic E-state index is 6.17. The SMILES string of the molecule is CNC1CCCCC1OCc1ccc2c(c1)CCC2. The van der Waals surface area contributed by atoms with Gasteiger partial charge in [-0.15, -0.1) is 0 Å². The van der Waals surface area contributed by atoms with Crippen LogP contribution in [-0.2, 0) is 24.2 Å². The van der Waals surface area contributed by atoms with Crippen LogP contribution in [0.15, 0.2) is 18.2 Å². The molecule has 0 saturated heterocycles. The number of hydrogen-bond donors (Lipinski definition) is 1. The van der Waals surface area contributed by atoms with Crippen molar-refractivity contribution in [2.24, 2.45) is 0 Å². The third-order valence-corrected chi connectivity index (χ3v) is 4.70. The Morgan fingerprint density at radius 2 is 1.95 bits per heavy atom. The second-order valence-corrected chi connectivity index (χ2v) is 5.99.